The van der Waals surface area contributed by atoms with Crippen LogP contribution >= 0.6 is 0 Å². The second-order valence-electron chi connectivity index (χ2n) is 6.02. The Labute approximate surface area is 130 Å². The summed E-state index contributed by atoms with van der Waals surface area (Å²) >= 11 is 0. The molecule has 1 aromatic heterocycles. The summed E-state index contributed by atoms with van der Waals surface area (Å²) in [6.07, 6.45) is 0. The second-order valence-corrected chi connectivity index (χ2v) is 6.02. The molecule has 0 spiro atoms. The van der Waals surface area contributed by atoms with Crippen molar-refractivity contribution in [2.75, 3.05) is 0 Å². The third-order valence-electron chi connectivity index (χ3n) is 4.25. The number of fused-ring (bicyclic) bond motifs is 3. The predicted octanol–water partition coefficient (Wildman–Crippen LogP) is 6.38. The van der Waals surface area contributed by atoms with Gasteiger partial charge >= 0.3 is 0 Å². The number of benzene rings is 3. The molecule has 0 saturated carbocycles. The Morgan fingerprint density at radius 3 is 2.23 bits per heavy atom. The van der Waals surface area contributed by atoms with Crippen LogP contribution in [0.3, 0.4) is 0 Å². The van der Waals surface area contributed by atoms with Crippen molar-refractivity contribution in [3.05, 3.63) is 72.3 Å². The number of rotatable bonds is 2. The lowest BCUT2D eigenvalue weighted by Crippen LogP contribution is -1.93. The van der Waals surface area contributed by atoms with Crippen molar-refractivity contribution < 1.29 is 4.42 Å². The molecule has 3 aromatic carbocycles. The van der Waals surface area contributed by atoms with E-state index in [4.69, 9.17) is 4.42 Å². The summed E-state index contributed by atoms with van der Waals surface area (Å²) in [4.78, 5) is 0. The van der Waals surface area contributed by atoms with Crippen LogP contribution < -0.4 is 0 Å². The van der Waals surface area contributed by atoms with E-state index in [2.05, 4.69) is 68.4 Å². The molecule has 0 aliphatic heterocycles. The third-order valence-corrected chi connectivity index (χ3v) is 4.25. The van der Waals surface area contributed by atoms with Crippen molar-refractivity contribution in [2.24, 2.45) is 0 Å². The zero-order valence-corrected chi connectivity index (χ0v) is 12.8. The lowest BCUT2D eigenvalue weighted by Gasteiger charge is -2.14. The van der Waals surface area contributed by atoms with Crippen LogP contribution in [0.4, 0.5) is 0 Å². The van der Waals surface area contributed by atoms with E-state index in [-0.39, 0.29) is 0 Å². The summed E-state index contributed by atoms with van der Waals surface area (Å²) < 4.78 is 6.03. The Kier molecular flexibility index (Phi) is 3.00. The highest BCUT2D eigenvalue weighted by atomic mass is 16.3. The maximum absolute atomic E-state index is 6.03. The lowest BCUT2D eigenvalue weighted by molar-refractivity contribution is 0.668. The quantitative estimate of drug-likeness (QED) is 0.417. The summed E-state index contributed by atoms with van der Waals surface area (Å²) in [6.45, 7) is 4.51. The molecule has 4 aromatic rings. The van der Waals surface area contributed by atoms with Gasteiger partial charge in [-0.2, -0.15) is 0 Å². The van der Waals surface area contributed by atoms with E-state index < -0.39 is 0 Å². The molecule has 0 aliphatic carbocycles. The van der Waals surface area contributed by atoms with Gasteiger partial charge in [-0.05, 0) is 34.7 Å². The first kappa shape index (κ1) is 13.1. The van der Waals surface area contributed by atoms with Gasteiger partial charge in [0.05, 0.1) is 0 Å². The van der Waals surface area contributed by atoms with Gasteiger partial charge in [0.2, 0.25) is 0 Å². The molecule has 4 rings (SSSR count). The maximum Gasteiger partial charge on any atom is 0.135 e. The highest BCUT2D eigenvalue weighted by molar-refractivity contribution is 6.09. The number of para-hydroxylation sites is 1. The highest BCUT2D eigenvalue weighted by Crippen LogP contribution is 2.40. The van der Waals surface area contributed by atoms with Crippen LogP contribution in [0.25, 0.3) is 33.1 Å². The van der Waals surface area contributed by atoms with Gasteiger partial charge in [0.15, 0.2) is 0 Å². The Morgan fingerprint density at radius 1 is 0.727 bits per heavy atom. The molecule has 0 bridgehead atoms. The van der Waals surface area contributed by atoms with Crippen molar-refractivity contribution >= 4 is 21.9 Å². The van der Waals surface area contributed by atoms with E-state index in [1.807, 2.05) is 12.1 Å². The fraction of sp³-hybridized carbons (Fsp3) is 0.143. The van der Waals surface area contributed by atoms with Crippen LogP contribution in [0.15, 0.2) is 71.1 Å². The smallest absolute Gasteiger partial charge is 0.135 e. The molecule has 0 fully saturated rings. The average molecular weight is 286 g/mol. The average Bonchev–Trinajstić information content (AvgIpc) is 2.93. The van der Waals surface area contributed by atoms with E-state index in [1.165, 1.54) is 27.5 Å². The van der Waals surface area contributed by atoms with E-state index in [9.17, 15) is 0 Å². The molecule has 108 valence electrons. The highest BCUT2D eigenvalue weighted by Gasteiger charge is 2.17. The van der Waals surface area contributed by atoms with Crippen molar-refractivity contribution in [3.63, 3.8) is 0 Å². The Bertz CT molecular complexity index is 946. The molecule has 0 saturated heterocycles. The summed E-state index contributed by atoms with van der Waals surface area (Å²) in [7, 11) is 0. The van der Waals surface area contributed by atoms with Crippen LogP contribution in [-0.4, -0.2) is 0 Å². The fourth-order valence-electron chi connectivity index (χ4n) is 3.31. The molecule has 0 radical (unpaired) electrons. The van der Waals surface area contributed by atoms with E-state index in [0.29, 0.717) is 5.92 Å². The molecule has 0 aliphatic rings. The topological polar surface area (TPSA) is 13.1 Å². The van der Waals surface area contributed by atoms with Gasteiger partial charge in [0.1, 0.15) is 11.2 Å². The van der Waals surface area contributed by atoms with Gasteiger partial charge in [-0.25, -0.2) is 0 Å². The van der Waals surface area contributed by atoms with Gasteiger partial charge in [0, 0.05) is 10.8 Å². The summed E-state index contributed by atoms with van der Waals surface area (Å²) in [5.41, 5.74) is 5.87. The molecule has 0 N–H and O–H groups in total. The standard InChI is InChI=1S/C21H18O/c1-14(2)20-16(15-8-4-3-5-9-15)12-13-19-21(20)17-10-6-7-11-18(17)22-19/h3-14H,1-2H3. The molecule has 0 unspecified atom stereocenters. The van der Waals surface area contributed by atoms with Crippen molar-refractivity contribution in [1.82, 2.24) is 0 Å². The van der Waals surface area contributed by atoms with Crippen LogP contribution in [0.5, 0.6) is 0 Å². The molecular weight excluding hydrogens is 268 g/mol. The second kappa shape index (κ2) is 5.03. The van der Waals surface area contributed by atoms with Gasteiger partial charge in [0.25, 0.3) is 0 Å². The van der Waals surface area contributed by atoms with Gasteiger partial charge < -0.3 is 4.42 Å². The van der Waals surface area contributed by atoms with Crippen LogP contribution in [0.2, 0.25) is 0 Å². The van der Waals surface area contributed by atoms with Crippen molar-refractivity contribution in [1.29, 1.82) is 0 Å². The van der Waals surface area contributed by atoms with Crippen LogP contribution in [0.1, 0.15) is 25.3 Å². The maximum atomic E-state index is 6.03. The van der Waals surface area contributed by atoms with Crippen molar-refractivity contribution in [2.45, 2.75) is 19.8 Å². The van der Waals surface area contributed by atoms with Gasteiger partial charge in [-0.1, -0.05) is 68.4 Å². The SMILES string of the molecule is CC(C)c1c(-c2ccccc2)ccc2oc3ccccc3c12. The van der Waals surface area contributed by atoms with E-state index in [1.54, 1.807) is 0 Å². The first-order chi connectivity index (χ1) is 10.8. The zero-order chi connectivity index (χ0) is 15.1. The first-order valence-corrected chi connectivity index (χ1v) is 7.75. The molecular formula is C21H18O. The molecule has 0 atom stereocenters. The van der Waals surface area contributed by atoms with E-state index in [0.717, 1.165) is 11.2 Å². The Balaban J connectivity index is 2.15. The number of furan rings is 1. The summed E-state index contributed by atoms with van der Waals surface area (Å²) in [5, 5.41) is 2.46. The third kappa shape index (κ3) is 1.93. The van der Waals surface area contributed by atoms with Crippen LogP contribution in [-0.2, 0) is 0 Å². The molecule has 1 heterocycles. The van der Waals surface area contributed by atoms with Gasteiger partial charge in [-0.15, -0.1) is 0 Å². The van der Waals surface area contributed by atoms with Crippen molar-refractivity contribution in [3.8, 4) is 11.1 Å². The Hall–Kier alpha value is -2.54. The molecule has 22 heavy (non-hydrogen) atoms. The summed E-state index contributed by atoms with van der Waals surface area (Å²) in [6, 6.07) is 23.2. The molecule has 0 amide bonds. The Morgan fingerprint density at radius 2 is 1.45 bits per heavy atom. The zero-order valence-electron chi connectivity index (χ0n) is 12.8. The minimum Gasteiger partial charge on any atom is -0.456 e. The number of hydrogen-bond acceptors (Lipinski definition) is 1. The normalized spacial score (nSPS) is 11.6. The summed E-state index contributed by atoms with van der Waals surface area (Å²) in [5.74, 6) is 0.430. The fourth-order valence-corrected chi connectivity index (χ4v) is 3.31. The molecule has 1 nitrogen and oxygen atoms in total. The minimum absolute atomic E-state index is 0.430. The largest absolute Gasteiger partial charge is 0.456 e. The van der Waals surface area contributed by atoms with Gasteiger partial charge in [-0.3, -0.25) is 0 Å². The number of hydrogen-bond donors (Lipinski definition) is 0. The first-order valence-electron chi connectivity index (χ1n) is 7.75. The monoisotopic (exact) mass is 286 g/mol. The van der Waals surface area contributed by atoms with Crippen LogP contribution in [0, 0.1) is 0 Å². The van der Waals surface area contributed by atoms with E-state index >= 15 is 0 Å². The minimum atomic E-state index is 0.430. The molecule has 1 heteroatoms. The lowest BCUT2D eigenvalue weighted by atomic mass is 9.89. The predicted molar refractivity (Wildman–Crippen MR) is 93.2 cm³/mol.